The highest BCUT2D eigenvalue weighted by Crippen LogP contribution is 2.65. The molecule has 5 atom stereocenters. The van der Waals surface area contributed by atoms with Crippen LogP contribution >= 0.6 is 0 Å². The Hall–Kier alpha value is -2.90. The fourth-order valence-corrected chi connectivity index (χ4v) is 7.73. The molecule has 0 bridgehead atoms. The Bertz CT molecular complexity index is 1190. The number of carbonyl (C=O) groups excluding carboxylic acids is 2. The Morgan fingerprint density at radius 1 is 1.14 bits per heavy atom. The van der Waals surface area contributed by atoms with Gasteiger partial charge in [-0.2, -0.15) is 0 Å². The molecule has 184 valence electrons. The van der Waals surface area contributed by atoms with E-state index in [-0.39, 0.29) is 11.9 Å². The van der Waals surface area contributed by atoms with E-state index in [0.29, 0.717) is 25.2 Å². The fourth-order valence-electron chi connectivity index (χ4n) is 7.73. The van der Waals surface area contributed by atoms with Crippen molar-refractivity contribution in [1.29, 1.82) is 0 Å². The lowest BCUT2D eigenvalue weighted by molar-refractivity contribution is -0.148. The van der Waals surface area contributed by atoms with Gasteiger partial charge in [-0.15, -0.1) is 0 Å². The fraction of sp³-hybridized carbons (Fsp3) is 0.500. The van der Waals surface area contributed by atoms with Crippen LogP contribution < -0.4 is 15.4 Å². The van der Waals surface area contributed by atoms with E-state index >= 15 is 0 Å². The summed E-state index contributed by atoms with van der Waals surface area (Å²) < 4.78 is 5.57. The molecule has 2 heterocycles. The van der Waals surface area contributed by atoms with Crippen LogP contribution in [0.2, 0.25) is 0 Å². The lowest BCUT2D eigenvalue weighted by Crippen LogP contribution is -2.70. The predicted molar refractivity (Wildman–Crippen MR) is 131 cm³/mol. The number of hydrogen-bond acceptors (Lipinski definition) is 5. The molecule has 2 saturated heterocycles. The Morgan fingerprint density at radius 2 is 1.94 bits per heavy atom. The van der Waals surface area contributed by atoms with Crippen molar-refractivity contribution < 1.29 is 19.4 Å². The van der Waals surface area contributed by atoms with Crippen LogP contribution in [-0.4, -0.2) is 59.3 Å². The van der Waals surface area contributed by atoms with Crippen LogP contribution in [0.1, 0.15) is 42.4 Å². The normalized spacial score (nSPS) is 35.7. The Balaban J connectivity index is 1.39. The number of methoxy groups -OCH3 is 1. The van der Waals surface area contributed by atoms with Gasteiger partial charge in [-0.05, 0) is 73.8 Å². The molecule has 4 fully saturated rings. The quantitative estimate of drug-likeness (QED) is 0.579. The van der Waals surface area contributed by atoms with Gasteiger partial charge >= 0.3 is 6.03 Å². The summed E-state index contributed by atoms with van der Waals surface area (Å²) in [5.74, 6) is 0.809. The molecule has 7 heteroatoms. The zero-order valence-electron chi connectivity index (χ0n) is 20.3. The molecule has 7 nitrogen and oxygen atoms in total. The Kier molecular flexibility index (Phi) is 5.03. The number of nitrogens with one attached hydrogen (secondary N) is 2. The van der Waals surface area contributed by atoms with Crippen molar-refractivity contribution in [3.63, 3.8) is 0 Å². The minimum absolute atomic E-state index is 0.0364. The monoisotopic (exact) mass is 475 g/mol. The summed E-state index contributed by atoms with van der Waals surface area (Å²) in [6, 6.07) is 16.1. The minimum atomic E-state index is -0.997. The third-order valence-electron chi connectivity index (χ3n) is 9.28. The average molecular weight is 476 g/mol. The van der Waals surface area contributed by atoms with E-state index in [0.717, 1.165) is 42.8 Å². The smallest absolute Gasteiger partial charge is 0.322 e. The molecular weight excluding hydrogens is 442 g/mol. The third kappa shape index (κ3) is 3.17. The summed E-state index contributed by atoms with van der Waals surface area (Å²) in [4.78, 5) is 27.6. The molecular formula is C28H33N3O4. The van der Waals surface area contributed by atoms with Gasteiger partial charge < -0.3 is 15.2 Å². The van der Waals surface area contributed by atoms with Crippen molar-refractivity contribution >= 4 is 11.9 Å². The van der Waals surface area contributed by atoms with Gasteiger partial charge in [0.2, 0.25) is 0 Å². The minimum Gasteiger partial charge on any atom is -0.497 e. The van der Waals surface area contributed by atoms with Crippen molar-refractivity contribution in [1.82, 2.24) is 15.5 Å². The third-order valence-corrected chi connectivity index (χ3v) is 9.28. The van der Waals surface area contributed by atoms with Crippen molar-refractivity contribution in [3.05, 3.63) is 65.2 Å². The van der Waals surface area contributed by atoms with E-state index in [1.807, 2.05) is 24.3 Å². The molecule has 6 rings (SSSR count). The van der Waals surface area contributed by atoms with Gasteiger partial charge in [-0.1, -0.05) is 36.4 Å². The average Bonchev–Trinajstić information content (AvgIpc) is 3.21. The molecule has 2 aliphatic heterocycles. The van der Waals surface area contributed by atoms with Gasteiger partial charge in [0.15, 0.2) is 0 Å². The topological polar surface area (TPSA) is 90.9 Å². The molecule has 0 aromatic heterocycles. The molecule has 2 aliphatic carbocycles. The number of nitrogens with zero attached hydrogens (tertiary/aromatic N) is 1. The van der Waals surface area contributed by atoms with E-state index in [9.17, 15) is 14.7 Å². The number of imide groups is 1. The van der Waals surface area contributed by atoms with Crippen LogP contribution in [0.25, 0.3) is 0 Å². The first-order valence-electron chi connectivity index (χ1n) is 12.6. The van der Waals surface area contributed by atoms with E-state index in [1.165, 1.54) is 5.56 Å². The number of likely N-dealkylation sites (tertiary alicyclic amines) is 1. The van der Waals surface area contributed by atoms with Gasteiger partial charge in [0.05, 0.1) is 12.7 Å². The van der Waals surface area contributed by atoms with Crippen molar-refractivity contribution in [2.24, 2.45) is 5.92 Å². The number of hydrogen-bond donors (Lipinski definition) is 3. The first-order valence-corrected chi connectivity index (χ1v) is 12.6. The summed E-state index contributed by atoms with van der Waals surface area (Å²) in [7, 11) is 1.65. The summed E-state index contributed by atoms with van der Waals surface area (Å²) in [5, 5.41) is 18.0. The second-order valence-corrected chi connectivity index (χ2v) is 11.0. The Morgan fingerprint density at radius 3 is 2.66 bits per heavy atom. The number of aliphatic hydroxyl groups is 1. The van der Waals surface area contributed by atoms with E-state index < -0.39 is 22.6 Å². The molecule has 3 amide bonds. The van der Waals surface area contributed by atoms with E-state index in [1.54, 1.807) is 7.11 Å². The maximum atomic E-state index is 13.0. The number of ether oxygens (including phenoxy) is 1. The number of aryl methyl sites for hydroxylation is 1. The summed E-state index contributed by atoms with van der Waals surface area (Å²) >= 11 is 0. The van der Waals surface area contributed by atoms with Gasteiger partial charge in [0.1, 0.15) is 11.3 Å². The van der Waals surface area contributed by atoms with E-state index in [2.05, 4.69) is 46.7 Å². The molecule has 4 aliphatic rings. The molecule has 2 aromatic carbocycles. The van der Waals surface area contributed by atoms with Crippen LogP contribution in [0.15, 0.2) is 48.5 Å². The molecule has 0 radical (unpaired) electrons. The summed E-state index contributed by atoms with van der Waals surface area (Å²) in [5.41, 5.74) is 0.757. The number of fused-ring (bicyclic) bond motifs is 3. The highest BCUT2D eigenvalue weighted by Gasteiger charge is 2.73. The molecule has 2 aromatic rings. The van der Waals surface area contributed by atoms with E-state index in [4.69, 9.17) is 4.74 Å². The molecule has 2 saturated carbocycles. The van der Waals surface area contributed by atoms with Gasteiger partial charge in [-0.25, -0.2) is 4.79 Å². The second kappa shape index (κ2) is 7.80. The highest BCUT2D eigenvalue weighted by molar-refractivity contribution is 6.07. The van der Waals surface area contributed by atoms with Crippen LogP contribution in [-0.2, 0) is 16.6 Å². The maximum absolute atomic E-state index is 13.0. The predicted octanol–water partition coefficient (Wildman–Crippen LogP) is 2.68. The zero-order valence-corrected chi connectivity index (χ0v) is 20.3. The van der Waals surface area contributed by atoms with Crippen molar-refractivity contribution in [2.75, 3.05) is 20.2 Å². The summed E-state index contributed by atoms with van der Waals surface area (Å²) in [6.45, 7) is 3.89. The molecule has 1 spiro atoms. The highest BCUT2D eigenvalue weighted by atomic mass is 16.5. The van der Waals surface area contributed by atoms with Crippen LogP contribution in [0.5, 0.6) is 5.75 Å². The molecule has 1 unspecified atom stereocenters. The first-order chi connectivity index (χ1) is 16.8. The largest absolute Gasteiger partial charge is 0.497 e. The lowest BCUT2D eigenvalue weighted by atomic mass is 9.55. The van der Waals surface area contributed by atoms with Crippen molar-refractivity contribution in [2.45, 2.75) is 61.6 Å². The number of urea groups is 1. The van der Waals surface area contributed by atoms with Crippen LogP contribution in [0, 0.1) is 12.8 Å². The number of amides is 3. The molecule has 35 heavy (non-hydrogen) atoms. The standard InChI is InChI=1S/C28H33N3O4/c1-18-8-9-21(35-2)14-22(18)26-15-20-16-31(13-10-19-6-4-3-5-7-19)23(20)28(26,34)12-11-27(17-26)24(32)29-25(33)30-27/h3-9,14,20,23,34H,10-13,15-17H2,1-2H3,(H2,29,30,32,33)/t20?,23-,26-,27+,28-/m1/s1. The zero-order chi connectivity index (χ0) is 24.4. The van der Waals surface area contributed by atoms with Crippen molar-refractivity contribution in [3.8, 4) is 5.75 Å². The number of rotatable bonds is 5. The number of carbonyl (C=O) groups is 2. The second-order valence-electron chi connectivity index (χ2n) is 11.0. The first kappa shape index (κ1) is 22.6. The van der Waals surface area contributed by atoms with Gasteiger partial charge in [0.25, 0.3) is 5.91 Å². The van der Waals surface area contributed by atoms with Crippen LogP contribution in [0.4, 0.5) is 4.79 Å². The van der Waals surface area contributed by atoms with Crippen LogP contribution in [0.3, 0.4) is 0 Å². The number of benzene rings is 2. The molecule has 3 N–H and O–H groups in total. The van der Waals surface area contributed by atoms with Gasteiger partial charge in [0, 0.05) is 24.5 Å². The lowest BCUT2D eigenvalue weighted by Gasteiger charge is -2.57. The maximum Gasteiger partial charge on any atom is 0.322 e. The summed E-state index contributed by atoms with van der Waals surface area (Å²) in [6.07, 6.45) is 3.01. The Labute approximate surface area is 205 Å². The SMILES string of the molecule is COc1ccc(C)c([C@]23CC4CN(CCc5ccccc5)[C@H]4[C@]2(O)CC[C@@]2(C3)NC(=O)NC2=O)c1. The van der Waals surface area contributed by atoms with Gasteiger partial charge in [-0.3, -0.25) is 15.0 Å².